The van der Waals surface area contributed by atoms with Crippen molar-refractivity contribution >= 4 is 23.9 Å². The highest BCUT2D eigenvalue weighted by Gasteiger charge is 2.24. The molecule has 5 nitrogen and oxygen atoms in total. The average Bonchev–Trinajstić information content (AvgIpc) is 3.33. The van der Waals surface area contributed by atoms with Gasteiger partial charge in [-0.05, 0) is 50.4 Å². The summed E-state index contributed by atoms with van der Waals surface area (Å²) in [6.07, 6.45) is 3.72. The Labute approximate surface area is 155 Å². The summed E-state index contributed by atoms with van der Waals surface area (Å²) in [5.74, 6) is 0.527. The Balaban J connectivity index is 0.000000252. The molecule has 1 aromatic rings. The Hall–Kier alpha value is -1.59. The Morgan fingerprint density at radius 1 is 1.40 bits per heavy atom. The van der Waals surface area contributed by atoms with Gasteiger partial charge >= 0.3 is 5.97 Å². The lowest BCUT2D eigenvalue weighted by Crippen LogP contribution is -2.29. The molecule has 1 fully saturated rings. The van der Waals surface area contributed by atoms with E-state index in [4.69, 9.17) is 21.1 Å². The van der Waals surface area contributed by atoms with Crippen molar-refractivity contribution in [3.05, 3.63) is 28.8 Å². The lowest BCUT2D eigenvalue weighted by molar-refractivity contribution is -0.145. The first-order chi connectivity index (χ1) is 11.8. The summed E-state index contributed by atoms with van der Waals surface area (Å²) < 4.78 is 10.4. The van der Waals surface area contributed by atoms with E-state index < -0.39 is 0 Å². The first-order valence-corrected chi connectivity index (χ1v) is 8.90. The van der Waals surface area contributed by atoms with Crippen LogP contribution >= 0.6 is 11.6 Å². The lowest BCUT2D eigenvalue weighted by atomic mass is 9.89. The molecule has 0 aromatic heterocycles. The van der Waals surface area contributed by atoms with Gasteiger partial charge in [-0.25, -0.2) is 0 Å². The van der Waals surface area contributed by atoms with Crippen molar-refractivity contribution in [3.63, 3.8) is 0 Å². The molecule has 0 radical (unpaired) electrons. The molecule has 0 amide bonds. The fraction of sp³-hybridized carbons (Fsp3) is 0.579. The number of benzene rings is 1. The largest absolute Gasteiger partial charge is 0.490 e. The molecule has 0 bridgehead atoms. The van der Waals surface area contributed by atoms with E-state index in [9.17, 15) is 9.59 Å². The predicted octanol–water partition coefficient (Wildman–Crippen LogP) is 3.88. The second-order valence-corrected chi connectivity index (χ2v) is 7.23. The minimum Gasteiger partial charge on any atom is -0.490 e. The summed E-state index contributed by atoms with van der Waals surface area (Å²) in [5, 5.41) is 3.61. The summed E-state index contributed by atoms with van der Waals surface area (Å²) in [5.41, 5.74) is 0.514. The van der Waals surface area contributed by atoms with Crippen molar-refractivity contribution in [2.75, 3.05) is 20.2 Å². The van der Waals surface area contributed by atoms with Crippen LogP contribution < -0.4 is 10.1 Å². The zero-order valence-electron chi connectivity index (χ0n) is 15.4. The topological polar surface area (TPSA) is 64.6 Å². The van der Waals surface area contributed by atoms with Gasteiger partial charge in [-0.2, -0.15) is 0 Å². The summed E-state index contributed by atoms with van der Waals surface area (Å²) in [6, 6.07) is 5.09. The van der Waals surface area contributed by atoms with Crippen LogP contribution in [0.1, 0.15) is 50.4 Å². The van der Waals surface area contributed by atoms with Crippen molar-refractivity contribution in [3.8, 4) is 5.75 Å². The third-order valence-electron chi connectivity index (χ3n) is 3.50. The molecule has 1 aliphatic rings. The van der Waals surface area contributed by atoms with Crippen LogP contribution in [0.25, 0.3) is 0 Å². The summed E-state index contributed by atoms with van der Waals surface area (Å²) in [7, 11) is 1.88. The quantitative estimate of drug-likeness (QED) is 0.556. The molecule has 0 aliphatic heterocycles. The van der Waals surface area contributed by atoms with Crippen molar-refractivity contribution < 1.29 is 19.1 Å². The van der Waals surface area contributed by atoms with E-state index in [2.05, 4.69) is 5.32 Å². The molecule has 1 N–H and O–H groups in total. The number of carbonyl (C=O) groups excluding carboxylic acids is 2. The molecule has 2 rings (SSSR count). The standard InChI is InChI=1S/C10H9ClO2.C9H19NO2/c11-8-1-4-10(7(5-8)6-12)13-9-2-3-9;1-5-12-8(11)6-9(2,3)7-10-4/h1,4-6,9H,2-3H2;10H,5-7H2,1-4H3. The van der Waals surface area contributed by atoms with Crippen LogP contribution in [0.15, 0.2) is 18.2 Å². The minimum absolute atomic E-state index is 0.0129. The third kappa shape index (κ3) is 8.89. The molecule has 1 aromatic carbocycles. The zero-order chi connectivity index (χ0) is 18.9. The normalized spacial score (nSPS) is 13.5. The summed E-state index contributed by atoms with van der Waals surface area (Å²) in [6.45, 7) is 7.20. The smallest absolute Gasteiger partial charge is 0.306 e. The Bertz CT molecular complexity index is 571. The molecule has 0 atom stereocenters. The van der Waals surface area contributed by atoms with Crippen LogP contribution in [0.3, 0.4) is 0 Å². The minimum atomic E-state index is -0.113. The van der Waals surface area contributed by atoms with Gasteiger partial charge in [0.15, 0.2) is 6.29 Å². The highest BCUT2D eigenvalue weighted by Crippen LogP contribution is 2.29. The molecular formula is C19H28ClNO4. The van der Waals surface area contributed by atoms with Gasteiger partial charge in [0.1, 0.15) is 5.75 Å². The number of hydrogen-bond acceptors (Lipinski definition) is 5. The molecule has 6 heteroatoms. The molecule has 0 spiro atoms. The van der Waals surface area contributed by atoms with E-state index in [1.165, 1.54) is 0 Å². The van der Waals surface area contributed by atoms with Crippen LogP contribution in [0.2, 0.25) is 5.02 Å². The predicted molar refractivity (Wildman–Crippen MR) is 99.4 cm³/mol. The van der Waals surface area contributed by atoms with Crippen LogP contribution in [0.4, 0.5) is 0 Å². The van der Waals surface area contributed by atoms with E-state index >= 15 is 0 Å². The van der Waals surface area contributed by atoms with Crippen molar-refractivity contribution in [1.82, 2.24) is 5.32 Å². The van der Waals surface area contributed by atoms with Crippen LogP contribution in [-0.4, -0.2) is 38.6 Å². The maximum atomic E-state index is 11.1. The zero-order valence-corrected chi connectivity index (χ0v) is 16.2. The first-order valence-electron chi connectivity index (χ1n) is 8.53. The third-order valence-corrected chi connectivity index (χ3v) is 3.74. The second-order valence-electron chi connectivity index (χ2n) is 6.79. The Morgan fingerprint density at radius 2 is 2.08 bits per heavy atom. The first kappa shape index (κ1) is 21.5. The van der Waals surface area contributed by atoms with E-state index in [0.717, 1.165) is 25.7 Å². The van der Waals surface area contributed by atoms with Gasteiger partial charge in [0.05, 0.1) is 24.7 Å². The molecule has 0 unspecified atom stereocenters. The van der Waals surface area contributed by atoms with Gasteiger partial charge in [-0.3, -0.25) is 9.59 Å². The van der Waals surface area contributed by atoms with Crippen LogP contribution in [0, 0.1) is 5.41 Å². The number of esters is 1. The van der Waals surface area contributed by atoms with Crippen LogP contribution in [-0.2, 0) is 9.53 Å². The Morgan fingerprint density at radius 3 is 2.60 bits per heavy atom. The van der Waals surface area contributed by atoms with Gasteiger partial charge in [0, 0.05) is 11.6 Å². The van der Waals surface area contributed by atoms with E-state index in [1.807, 2.05) is 27.8 Å². The number of hydrogen-bond donors (Lipinski definition) is 1. The summed E-state index contributed by atoms with van der Waals surface area (Å²) >= 11 is 5.73. The van der Waals surface area contributed by atoms with Crippen LogP contribution in [0.5, 0.6) is 5.75 Å². The number of ether oxygens (including phenoxy) is 2. The highest BCUT2D eigenvalue weighted by atomic mass is 35.5. The van der Waals surface area contributed by atoms with Crippen molar-refractivity contribution in [2.24, 2.45) is 5.41 Å². The van der Waals surface area contributed by atoms with Gasteiger partial charge in [-0.1, -0.05) is 25.4 Å². The summed E-state index contributed by atoms with van der Waals surface area (Å²) in [4.78, 5) is 21.7. The molecule has 1 aliphatic carbocycles. The number of carbonyl (C=O) groups is 2. The molecule has 140 valence electrons. The van der Waals surface area contributed by atoms with Crippen molar-refractivity contribution in [2.45, 2.75) is 46.1 Å². The molecule has 0 saturated heterocycles. The van der Waals surface area contributed by atoms with Gasteiger partial charge in [0.25, 0.3) is 0 Å². The van der Waals surface area contributed by atoms with Gasteiger partial charge in [0.2, 0.25) is 0 Å². The second kappa shape index (κ2) is 10.4. The molecule has 0 heterocycles. The highest BCUT2D eigenvalue weighted by molar-refractivity contribution is 6.30. The SMILES string of the molecule is CCOC(=O)CC(C)(C)CNC.O=Cc1cc(Cl)ccc1OC1CC1. The van der Waals surface area contributed by atoms with E-state index in [1.54, 1.807) is 18.2 Å². The van der Waals surface area contributed by atoms with E-state index in [0.29, 0.717) is 35.5 Å². The van der Waals surface area contributed by atoms with Gasteiger partial charge in [-0.15, -0.1) is 0 Å². The Kier molecular flexibility index (Phi) is 8.93. The molecule has 1 saturated carbocycles. The monoisotopic (exact) mass is 369 g/mol. The number of aldehydes is 1. The lowest BCUT2D eigenvalue weighted by Gasteiger charge is -2.22. The average molecular weight is 370 g/mol. The van der Waals surface area contributed by atoms with E-state index in [-0.39, 0.29) is 11.4 Å². The maximum absolute atomic E-state index is 11.1. The number of rotatable bonds is 8. The molecular weight excluding hydrogens is 342 g/mol. The maximum Gasteiger partial charge on any atom is 0.306 e. The number of halogens is 1. The fourth-order valence-corrected chi connectivity index (χ4v) is 2.41. The number of nitrogens with one attached hydrogen (secondary N) is 1. The van der Waals surface area contributed by atoms with Gasteiger partial charge < -0.3 is 14.8 Å². The fourth-order valence-electron chi connectivity index (χ4n) is 2.23. The molecule has 25 heavy (non-hydrogen) atoms. The van der Waals surface area contributed by atoms with Crippen molar-refractivity contribution in [1.29, 1.82) is 0 Å².